The first-order chi connectivity index (χ1) is 26.1. The average Bonchev–Trinajstić information content (AvgIpc) is 3.11. The zero-order valence-electron chi connectivity index (χ0n) is 37.6. The molecule has 0 N–H and O–H groups in total. The minimum atomic E-state index is -0.0352. The van der Waals surface area contributed by atoms with E-state index in [2.05, 4.69) is 124 Å². The molecule has 0 saturated carbocycles. The lowest BCUT2D eigenvalue weighted by atomic mass is 9.89. The Morgan fingerprint density at radius 2 is 0.636 bits per heavy atom. The van der Waals surface area contributed by atoms with Gasteiger partial charge in [0.15, 0.2) is 11.6 Å². The van der Waals surface area contributed by atoms with Crippen LogP contribution in [-0.4, -0.2) is 11.6 Å². The van der Waals surface area contributed by atoms with Crippen LogP contribution in [0.1, 0.15) is 192 Å². The summed E-state index contributed by atoms with van der Waals surface area (Å²) in [7, 11) is 0. The summed E-state index contributed by atoms with van der Waals surface area (Å²) < 4.78 is 0. The van der Waals surface area contributed by atoms with Crippen molar-refractivity contribution in [3.8, 4) is 0 Å². The summed E-state index contributed by atoms with van der Waals surface area (Å²) in [5.74, 6) is -0.0259. The molecule has 0 aromatic rings. The van der Waals surface area contributed by atoms with Gasteiger partial charge in [-0.15, -0.1) is 0 Å². The third-order valence-electron chi connectivity index (χ3n) is 10.9. The van der Waals surface area contributed by atoms with Gasteiger partial charge in [-0.05, 0) is 198 Å². The number of ketones is 2. The first kappa shape index (κ1) is 49.5. The molecule has 0 heterocycles. The predicted octanol–water partition coefficient (Wildman–Crippen LogP) is 16.6. The Morgan fingerprint density at radius 1 is 0.382 bits per heavy atom. The van der Waals surface area contributed by atoms with Crippen molar-refractivity contribution in [1.82, 2.24) is 0 Å². The number of carbonyl (C=O) groups is 2. The van der Waals surface area contributed by atoms with Crippen LogP contribution in [-0.2, 0) is 9.59 Å². The first-order valence-electron chi connectivity index (χ1n) is 21.4. The van der Waals surface area contributed by atoms with Crippen molar-refractivity contribution in [1.29, 1.82) is 0 Å². The third-order valence-corrected chi connectivity index (χ3v) is 10.9. The van der Waals surface area contributed by atoms with Crippen LogP contribution in [0, 0.1) is 0 Å². The molecule has 0 radical (unpaired) electrons. The van der Waals surface area contributed by atoms with E-state index in [9.17, 15) is 9.59 Å². The third kappa shape index (κ3) is 24.6. The van der Waals surface area contributed by atoms with Crippen molar-refractivity contribution in [2.45, 2.75) is 192 Å². The van der Waals surface area contributed by atoms with Crippen LogP contribution in [0.4, 0.5) is 0 Å². The van der Waals surface area contributed by atoms with Crippen molar-refractivity contribution >= 4 is 11.6 Å². The molecule has 55 heavy (non-hydrogen) atoms. The molecule has 0 amide bonds. The second kappa shape index (κ2) is 28.8. The molecule has 2 nitrogen and oxygen atoms in total. The van der Waals surface area contributed by atoms with E-state index in [-0.39, 0.29) is 11.6 Å². The molecule has 0 atom stereocenters. The highest BCUT2D eigenvalue weighted by atomic mass is 16.1. The van der Waals surface area contributed by atoms with E-state index in [0.29, 0.717) is 23.1 Å². The van der Waals surface area contributed by atoms with Gasteiger partial charge in [0.25, 0.3) is 0 Å². The lowest BCUT2D eigenvalue weighted by Gasteiger charge is -2.13. The van der Waals surface area contributed by atoms with Crippen LogP contribution in [0.25, 0.3) is 0 Å². The monoisotopic (exact) mass is 749 g/mol. The summed E-state index contributed by atoms with van der Waals surface area (Å²) in [6.45, 7) is 25.9. The molecule has 0 spiro atoms. The highest BCUT2D eigenvalue weighted by molar-refractivity contribution is 6.22. The lowest BCUT2D eigenvalue weighted by molar-refractivity contribution is -0.115. The minimum absolute atomic E-state index is 0.00932. The van der Waals surface area contributed by atoms with E-state index >= 15 is 0 Å². The van der Waals surface area contributed by atoms with Gasteiger partial charge in [0.1, 0.15) is 0 Å². The molecule has 0 unspecified atom stereocenters. The van der Waals surface area contributed by atoms with Crippen molar-refractivity contribution in [2.75, 3.05) is 0 Å². The summed E-state index contributed by atoms with van der Waals surface area (Å²) in [5, 5.41) is 0. The van der Waals surface area contributed by atoms with Gasteiger partial charge in [0.05, 0.1) is 0 Å². The minimum Gasteiger partial charge on any atom is -0.290 e. The van der Waals surface area contributed by atoms with Crippen LogP contribution in [0.3, 0.4) is 0 Å². The quantitative estimate of drug-likeness (QED) is 0.0652. The van der Waals surface area contributed by atoms with E-state index in [1.807, 2.05) is 0 Å². The van der Waals surface area contributed by atoms with E-state index in [1.54, 1.807) is 13.8 Å². The van der Waals surface area contributed by atoms with Crippen LogP contribution < -0.4 is 0 Å². The zero-order chi connectivity index (χ0) is 41.2. The largest absolute Gasteiger partial charge is 0.290 e. The number of hydrogen-bond acceptors (Lipinski definition) is 2. The standard InChI is InChI=1S/C53H80O2/c1-40(2)21-13-22-41(3)23-14-24-42(4)25-15-26-43(5)27-16-28-44(6)29-17-30-45(7)31-18-32-46(8)33-19-34-47(9)35-20-36-48(10)37-38-51-39-52(54)49(11)50(12)53(51)55/h21,23,25,27,29,31,33,35,37,39H,13-20,22,24,26,28,30,32,34,36,38H2,1-12H3/b41-23+,42-25+,43-27+,44-29+,45-31+,46-33+,47-35+,48-37+. The van der Waals surface area contributed by atoms with Crippen molar-refractivity contribution < 1.29 is 9.59 Å². The van der Waals surface area contributed by atoms with Gasteiger partial charge in [0.2, 0.25) is 0 Å². The van der Waals surface area contributed by atoms with Crippen LogP contribution in [0.15, 0.2) is 128 Å². The SMILES string of the molecule is CC(C)=CCC/C(C)=C/CC/C(C)=C/CC/C(C)=C/CC/C(C)=C/CC/C(C)=C/CC/C(C)=C/CC/C(C)=C/CC/C(C)=C/CC1=CC(=O)C(C)=C(C)C1=O. The molecule has 0 aromatic carbocycles. The molecule has 304 valence electrons. The first-order valence-corrected chi connectivity index (χ1v) is 21.4. The average molecular weight is 749 g/mol. The fourth-order valence-corrected chi connectivity index (χ4v) is 6.59. The maximum atomic E-state index is 12.5. The summed E-state index contributed by atoms with van der Waals surface area (Å²) in [4.78, 5) is 24.6. The van der Waals surface area contributed by atoms with Crippen LogP contribution >= 0.6 is 0 Å². The highest BCUT2D eigenvalue weighted by Gasteiger charge is 2.22. The smallest absolute Gasteiger partial charge is 0.185 e. The fourth-order valence-electron chi connectivity index (χ4n) is 6.59. The summed E-state index contributed by atoms with van der Waals surface area (Å²) in [6, 6.07) is 0. The Hall–Kier alpha value is -3.52. The highest BCUT2D eigenvalue weighted by Crippen LogP contribution is 2.23. The van der Waals surface area contributed by atoms with Gasteiger partial charge in [-0.25, -0.2) is 0 Å². The van der Waals surface area contributed by atoms with E-state index in [1.165, 1.54) is 75.5 Å². The number of rotatable bonds is 26. The number of Topliss-reactive ketones (excluding diaryl/α,β-unsaturated/α-hetero) is 1. The second-order valence-electron chi connectivity index (χ2n) is 16.8. The lowest BCUT2D eigenvalue weighted by Crippen LogP contribution is -2.16. The molecule has 0 fully saturated rings. The Bertz CT molecular complexity index is 1590. The van der Waals surface area contributed by atoms with Gasteiger partial charge in [-0.3, -0.25) is 9.59 Å². The molecule has 0 aromatic heterocycles. The Labute approximate surface area is 339 Å². The van der Waals surface area contributed by atoms with Gasteiger partial charge in [-0.1, -0.05) is 105 Å². The van der Waals surface area contributed by atoms with Crippen molar-refractivity contribution in [2.24, 2.45) is 0 Å². The summed E-state index contributed by atoms with van der Waals surface area (Å²) >= 11 is 0. The molecule has 1 aliphatic rings. The molecule has 0 saturated heterocycles. The normalized spacial score (nSPS) is 16.0. The Kier molecular flexibility index (Phi) is 25.9. The molecule has 1 rings (SSSR count). The van der Waals surface area contributed by atoms with E-state index < -0.39 is 0 Å². The maximum absolute atomic E-state index is 12.5. The topological polar surface area (TPSA) is 34.1 Å². The zero-order valence-corrected chi connectivity index (χ0v) is 37.6. The maximum Gasteiger partial charge on any atom is 0.185 e. The summed E-state index contributed by atoms with van der Waals surface area (Å²) in [6.07, 6.45) is 41.5. The Balaban J connectivity index is 2.27. The Morgan fingerprint density at radius 3 is 0.909 bits per heavy atom. The van der Waals surface area contributed by atoms with E-state index in [0.717, 1.165) is 83.5 Å². The second-order valence-corrected chi connectivity index (χ2v) is 16.8. The number of hydrogen-bond donors (Lipinski definition) is 0. The van der Waals surface area contributed by atoms with Crippen molar-refractivity contribution in [3.63, 3.8) is 0 Å². The molecule has 0 aliphatic heterocycles. The molecule has 1 aliphatic carbocycles. The summed E-state index contributed by atoms with van der Waals surface area (Å²) in [5.41, 5.74) is 14.9. The number of carbonyl (C=O) groups excluding carboxylic acids is 2. The van der Waals surface area contributed by atoms with Crippen LogP contribution in [0.2, 0.25) is 0 Å². The van der Waals surface area contributed by atoms with Gasteiger partial charge in [-0.2, -0.15) is 0 Å². The van der Waals surface area contributed by atoms with E-state index in [4.69, 9.17) is 0 Å². The molecular weight excluding hydrogens is 669 g/mol. The van der Waals surface area contributed by atoms with Crippen LogP contribution in [0.5, 0.6) is 0 Å². The van der Waals surface area contributed by atoms with Gasteiger partial charge in [0, 0.05) is 16.7 Å². The van der Waals surface area contributed by atoms with Gasteiger partial charge >= 0.3 is 0 Å². The number of allylic oxidation sites excluding steroid dienone is 22. The van der Waals surface area contributed by atoms with Crippen molar-refractivity contribution in [3.05, 3.63) is 128 Å². The molecular formula is C53H80O2. The molecule has 0 bridgehead atoms. The van der Waals surface area contributed by atoms with Gasteiger partial charge < -0.3 is 0 Å². The fraction of sp³-hybridized carbons (Fsp3) is 0.547. The predicted molar refractivity (Wildman–Crippen MR) is 244 cm³/mol. The molecule has 2 heteroatoms.